The van der Waals surface area contributed by atoms with Crippen LogP contribution in [0.4, 0.5) is 11.4 Å². The average molecular weight is 305 g/mol. The number of nitrogens with zero attached hydrogens (tertiary/aromatic N) is 5. The summed E-state index contributed by atoms with van der Waals surface area (Å²) in [6.45, 7) is 7.18. The van der Waals surface area contributed by atoms with Gasteiger partial charge in [0.25, 0.3) is 5.69 Å². The summed E-state index contributed by atoms with van der Waals surface area (Å²) in [7, 11) is 1.80. The maximum absolute atomic E-state index is 11.0. The van der Waals surface area contributed by atoms with Crippen LogP contribution < -0.4 is 0 Å². The second-order valence-corrected chi connectivity index (χ2v) is 4.91. The molecule has 0 bridgehead atoms. The molecule has 112 valence electrons. The molecule has 3 rings (SSSR count). The number of benzene rings is 2. The molecule has 0 aliphatic carbocycles. The summed E-state index contributed by atoms with van der Waals surface area (Å²) in [6.07, 6.45) is 1.57. The van der Waals surface area contributed by atoms with E-state index in [1.165, 1.54) is 12.1 Å². The van der Waals surface area contributed by atoms with Crippen LogP contribution in [-0.2, 0) is 7.05 Å². The highest BCUT2D eigenvalue weighted by Crippen LogP contribution is 2.35. The summed E-state index contributed by atoms with van der Waals surface area (Å²) < 4.78 is 1.74. The largest absolute Gasteiger partial charge is 0.317 e. The fourth-order valence-electron chi connectivity index (χ4n) is 2.35. The Balaban J connectivity index is 2.24. The predicted molar refractivity (Wildman–Crippen MR) is 84.8 cm³/mol. The Hall–Kier alpha value is -3.53. The molecule has 0 aliphatic heterocycles. The molecule has 23 heavy (non-hydrogen) atoms. The lowest BCUT2D eigenvalue weighted by molar-refractivity contribution is -0.384. The maximum Gasteiger partial charge on any atom is 0.270 e. The second kappa shape index (κ2) is 5.69. The van der Waals surface area contributed by atoms with E-state index in [4.69, 9.17) is 6.57 Å². The first-order valence-corrected chi connectivity index (χ1v) is 6.71. The molecule has 0 amide bonds. The maximum atomic E-state index is 11.0. The zero-order valence-corrected chi connectivity index (χ0v) is 12.2. The summed E-state index contributed by atoms with van der Waals surface area (Å²) in [4.78, 5) is 14.0. The molecule has 0 atom stereocenters. The van der Waals surface area contributed by atoms with Crippen LogP contribution in [0, 0.1) is 16.7 Å². The average Bonchev–Trinajstić information content (AvgIpc) is 3.00. The molecule has 0 radical (unpaired) electrons. The molecule has 0 saturated carbocycles. The molecule has 0 spiro atoms. The summed E-state index contributed by atoms with van der Waals surface area (Å²) >= 11 is 0. The Morgan fingerprint density at radius 3 is 2.70 bits per heavy atom. The Kier molecular flexibility index (Phi) is 3.57. The smallest absolute Gasteiger partial charge is 0.270 e. The monoisotopic (exact) mass is 305 g/mol. The normalized spacial score (nSPS) is 10.3. The Labute approximate surface area is 131 Å². The van der Waals surface area contributed by atoms with Gasteiger partial charge < -0.3 is 4.57 Å². The first-order chi connectivity index (χ1) is 11.1. The zero-order valence-electron chi connectivity index (χ0n) is 12.2. The van der Waals surface area contributed by atoms with E-state index >= 15 is 0 Å². The van der Waals surface area contributed by atoms with Crippen molar-refractivity contribution in [2.45, 2.75) is 0 Å². The minimum atomic E-state index is -0.432. The molecule has 1 heterocycles. The van der Waals surface area contributed by atoms with Gasteiger partial charge in [-0.25, -0.2) is 4.85 Å². The van der Waals surface area contributed by atoms with Crippen molar-refractivity contribution in [3.05, 3.63) is 70.3 Å². The molecule has 1 aromatic heterocycles. The van der Waals surface area contributed by atoms with E-state index in [2.05, 4.69) is 15.0 Å². The third-order valence-electron chi connectivity index (χ3n) is 3.45. The van der Waals surface area contributed by atoms with E-state index in [1.54, 1.807) is 48.3 Å². The number of aryl methyl sites for hydroxylation is 1. The number of hydrogen-bond acceptors (Lipinski definition) is 4. The molecule has 2 aromatic carbocycles. The standard InChI is InChI=1S/C16H11N5O2/c1-17-12-6-7-14(11-4-3-5-13(8-11)21(22)23)15(9-12)16-19-18-10-20(16)2/h3-10H,2H3. The van der Waals surface area contributed by atoms with Crippen molar-refractivity contribution in [3.63, 3.8) is 0 Å². The molecule has 0 N–H and O–H groups in total. The third kappa shape index (κ3) is 2.65. The lowest BCUT2D eigenvalue weighted by Gasteiger charge is -2.10. The molecular weight excluding hydrogens is 294 g/mol. The van der Waals surface area contributed by atoms with Crippen LogP contribution >= 0.6 is 0 Å². The van der Waals surface area contributed by atoms with Crippen LogP contribution in [0.1, 0.15) is 0 Å². The van der Waals surface area contributed by atoms with Crippen LogP contribution in [0.15, 0.2) is 48.8 Å². The Bertz CT molecular complexity index is 940. The molecule has 0 fully saturated rings. The van der Waals surface area contributed by atoms with Gasteiger partial charge in [-0.1, -0.05) is 24.3 Å². The zero-order chi connectivity index (χ0) is 16.4. The van der Waals surface area contributed by atoms with Crippen LogP contribution in [0.3, 0.4) is 0 Å². The van der Waals surface area contributed by atoms with Crippen LogP contribution in [0.5, 0.6) is 0 Å². The second-order valence-electron chi connectivity index (χ2n) is 4.91. The van der Waals surface area contributed by atoms with Gasteiger partial charge in [-0.3, -0.25) is 10.1 Å². The van der Waals surface area contributed by atoms with Crippen molar-refractivity contribution in [1.29, 1.82) is 0 Å². The molecule has 3 aromatic rings. The van der Waals surface area contributed by atoms with Crippen LogP contribution in [0.25, 0.3) is 27.4 Å². The SMILES string of the molecule is [C-]#[N+]c1ccc(-c2cccc([N+](=O)[O-])c2)c(-c2nncn2C)c1. The van der Waals surface area contributed by atoms with Crippen LogP contribution in [0.2, 0.25) is 0 Å². The Morgan fingerprint density at radius 1 is 1.22 bits per heavy atom. The summed E-state index contributed by atoms with van der Waals surface area (Å²) in [6, 6.07) is 11.5. The van der Waals surface area contributed by atoms with Crippen molar-refractivity contribution >= 4 is 11.4 Å². The number of aromatic nitrogens is 3. The van der Waals surface area contributed by atoms with Crippen molar-refractivity contribution in [2.24, 2.45) is 7.05 Å². The fraction of sp³-hybridized carbons (Fsp3) is 0.0625. The number of rotatable bonds is 3. The lowest BCUT2D eigenvalue weighted by atomic mass is 9.98. The van der Waals surface area contributed by atoms with Crippen molar-refractivity contribution < 1.29 is 4.92 Å². The fourth-order valence-corrected chi connectivity index (χ4v) is 2.35. The highest BCUT2D eigenvalue weighted by molar-refractivity contribution is 5.84. The van der Waals surface area contributed by atoms with Gasteiger partial charge in [-0.05, 0) is 17.2 Å². The van der Waals surface area contributed by atoms with Gasteiger partial charge in [-0.15, -0.1) is 10.2 Å². The number of nitro groups is 1. The summed E-state index contributed by atoms with van der Waals surface area (Å²) in [5.41, 5.74) is 2.64. The molecule has 7 heteroatoms. The van der Waals surface area contributed by atoms with Gasteiger partial charge in [0, 0.05) is 24.7 Å². The molecule has 0 unspecified atom stereocenters. The summed E-state index contributed by atoms with van der Waals surface area (Å²) in [5.74, 6) is 0.594. The van der Waals surface area contributed by atoms with Gasteiger partial charge in [-0.2, -0.15) is 0 Å². The molecular formula is C16H11N5O2. The number of nitro benzene ring substituents is 1. The van der Waals surface area contributed by atoms with Gasteiger partial charge >= 0.3 is 0 Å². The molecule has 0 aliphatic rings. The topological polar surface area (TPSA) is 78.2 Å². The third-order valence-corrected chi connectivity index (χ3v) is 3.45. The lowest BCUT2D eigenvalue weighted by Crippen LogP contribution is -1.94. The number of hydrogen-bond donors (Lipinski definition) is 0. The molecule has 0 saturated heterocycles. The van der Waals surface area contributed by atoms with E-state index in [1.807, 2.05) is 0 Å². The summed E-state index contributed by atoms with van der Waals surface area (Å²) in [5, 5.41) is 18.9. The van der Waals surface area contributed by atoms with Crippen molar-refractivity contribution in [2.75, 3.05) is 0 Å². The number of non-ortho nitro benzene ring substituents is 1. The van der Waals surface area contributed by atoms with E-state index in [9.17, 15) is 10.1 Å². The highest BCUT2D eigenvalue weighted by atomic mass is 16.6. The van der Waals surface area contributed by atoms with E-state index in [0.717, 1.165) is 5.56 Å². The first kappa shape index (κ1) is 14.4. The van der Waals surface area contributed by atoms with E-state index in [0.29, 0.717) is 22.6 Å². The first-order valence-electron chi connectivity index (χ1n) is 6.71. The van der Waals surface area contributed by atoms with Crippen molar-refractivity contribution in [3.8, 4) is 22.5 Å². The van der Waals surface area contributed by atoms with Gasteiger partial charge in [0.2, 0.25) is 0 Å². The Morgan fingerprint density at radius 2 is 2.04 bits per heavy atom. The van der Waals surface area contributed by atoms with E-state index in [-0.39, 0.29) is 5.69 Å². The van der Waals surface area contributed by atoms with Crippen molar-refractivity contribution in [1.82, 2.24) is 14.8 Å². The predicted octanol–water partition coefficient (Wildman–Crippen LogP) is 3.61. The van der Waals surface area contributed by atoms with Gasteiger partial charge in [0.05, 0.1) is 11.5 Å². The molecule has 7 nitrogen and oxygen atoms in total. The van der Waals surface area contributed by atoms with Crippen LogP contribution in [-0.4, -0.2) is 19.7 Å². The van der Waals surface area contributed by atoms with E-state index < -0.39 is 4.92 Å². The highest BCUT2D eigenvalue weighted by Gasteiger charge is 2.15. The quantitative estimate of drug-likeness (QED) is 0.420. The minimum Gasteiger partial charge on any atom is -0.317 e. The minimum absolute atomic E-state index is 0.0145. The van der Waals surface area contributed by atoms with Gasteiger partial charge in [0.15, 0.2) is 11.5 Å². The van der Waals surface area contributed by atoms with Gasteiger partial charge in [0.1, 0.15) is 6.33 Å².